The maximum atomic E-state index is 12.0. The highest BCUT2D eigenvalue weighted by atomic mass is 16.5. The molecule has 2 aliphatic carbocycles. The van der Waals surface area contributed by atoms with Crippen LogP contribution in [0.4, 0.5) is 0 Å². The normalized spacial score (nSPS) is 29.0. The minimum Gasteiger partial charge on any atom is -0.465 e. The Kier molecular flexibility index (Phi) is 2.87. The Bertz CT molecular complexity index is 303. The lowest BCUT2D eigenvalue weighted by Crippen LogP contribution is -2.54. The second kappa shape index (κ2) is 4.25. The molecule has 0 radical (unpaired) electrons. The minimum absolute atomic E-state index is 0.0138. The summed E-state index contributed by atoms with van der Waals surface area (Å²) in [7, 11) is 0. The first kappa shape index (κ1) is 11.5. The van der Waals surface area contributed by atoms with Gasteiger partial charge in [0.25, 0.3) is 0 Å². The molecule has 2 saturated carbocycles. The Hall–Kier alpha value is -0.610. The van der Waals surface area contributed by atoms with E-state index in [1.165, 1.54) is 12.8 Å². The quantitative estimate of drug-likeness (QED) is 0.680. The van der Waals surface area contributed by atoms with E-state index in [2.05, 4.69) is 9.80 Å². The zero-order valence-electron chi connectivity index (χ0n) is 10.7. The summed E-state index contributed by atoms with van der Waals surface area (Å²) in [6, 6.07) is 0.856. The highest BCUT2D eigenvalue weighted by molar-refractivity contribution is 5.84. The van der Waals surface area contributed by atoms with E-state index < -0.39 is 0 Å². The van der Waals surface area contributed by atoms with E-state index in [-0.39, 0.29) is 11.5 Å². The molecule has 3 fully saturated rings. The summed E-state index contributed by atoms with van der Waals surface area (Å²) >= 11 is 0. The molecule has 1 saturated heterocycles. The third kappa shape index (κ3) is 2.08. The molecular formula is C13H22N2O2. The molecule has 4 heteroatoms. The third-order valence-electron chi connectivity index (χ3n) is 4.36. The Labute approximate surface area is 103 Å². The number of ether oxygens (including phenoxy) is 1. The lowest BCUT2D eigenvalue weighted by atomic mass is 10.2. The van der Waals surface area contributed by atoms with E-state index >= 15 is 0 Å². The van der Waals surface area contributed by atoms with Crippen molar-refractivity contribution in [3.8, 4) is 0 Å². The van der Waals surface area contributed by atoms with Gasteiger partial charge in [-0.2, -0.15) is 0 Å². The van der Waals surface area contributed by atoms with E-state index in [0.717, 1.165) is 45.1 Å². The van der Waals surface area contributed by atoms with E-state index in [1.807, 2.05) is 6.92 Å². The first-order valence-corrected chi connectivity index (χ1v) is 6.92. The van der Waals surface area contributed by atoms with Gasteiger partial charge in [0.1, 0.15) is 5.54 Å². The number of hydrogen-bond acceptors (Lipinski definition) is 4. The summed E-state index contributed by atoms with van der Waals surface area (Å²) in [5.74, 6) is 0.0138. The average molecular weight is 238 g/mol. The second-order valence-corrected chi connectivity index (χ2v) is 5.51. The van der Waals surface area contributed by atoms with Crippen molar-refractivity contribution in [2.24, 2.45) is 0 Å². The molecule has 0 amide bonds. The Morgan fingerprint density at radius 2 is 1.88 bits per heavy atom. The molecule has 4 nitrogen and oxygen atoms in total. The zero-order valence-corrected chi connectivity index (χ0v) is 10.7. The van der Waals surface area contributed by atoms with E-state index in [4.69, 9.17) is 4.74 Å². The summed E-state index contributed by atoms with van der Waals surface area (Å²) in [6.45, 7) is 6.73. The van der Waals surface area contributed by atoms with Gasteiger partial charge in [-0.1, -0.05) is 0 Å². The molecule has 96 valence electrons. The van der Waals surface area contributed by atoms with E-state index in [0.29, 0.717) is 6.61 Å². The van der Waals surface area contributed by atoms with Gasteiger partial charge in [-0.25, -0.2) is 0 Å². The van der Waals surface area contributed by atoms with Crippen LogP contribution in [0.15, 0.2) is 0 Å². The molecule has 0 atom stereocenters. The first-order valence-electron chi connectivity index (χ1n) is 6.92. The van der Waals surface area contributed by atoms with Crippen LogP contribution in [0.25, 0.3) is 0 Å². The minimum atomic E-state index is -0.231. The summed E-state index contributed by atoms with van der Waals surface area (Å²) in [6.07, 6.45) is 4.75. The SMILES string of the molecule is CCOC(=O)C1(N2CCN(C3CC3)CC2)CC1. The van der Waals surface area contributed by atoms with Crippen LogP contribution in [0.2, 0.25) is 0 Å². The molecule has 0 aromatic rings. The van der Waals surface area contributed by atoms with Crippen LogP contribution >= 0.6 is 0 Å². The summed E-state index contributed by atoms with van der Waals surface area (Å²) in [5.41, 5.74) is -0.231. The maximum Gasteiger partial charge on any atom is 0.326 e. The number of carbonyl (C=O) groups excluding carboxylic acids is 1. The monoisotopic (exact) mass is 238 g/mol. The number of piperazine rings is 1. The highest BCUT2D eigenvalue weighted by Crippen LogP contribution is 2.43. The standard InChI is InChI=1S/C13H22N2O2/c1-2-17-12(16)13(5-6-13)15-9-7-14(8-10-15)11-3-4-11/h11H,2-10H2,1H3. The van der Waals surface area contributed by atoms with Crippen LogP contribution < -0.4 is 0 Å². The molecule has 1 aliphatic heterocycles. The lowest BCUT2D eigenvalue weighted by Gasteiger charge is -2.38. The van der Waals surface area contributed by atoms with Gasteiger partial charge in [0, 0.05) is 32.2 Å². The molecule has 3 rings (SSSR count). The molecule has 0 aromatic carbocycles. The average Bonchev–Trinajstić information content (AvgIpc) is 3.22. The van der Waals surface area contributed by atoms with Gasteiger partial charge in [-0.05, 0) is 32.6 Å². The molecule has 0 N–H and O–H groups in total. The number of rotatable bonds is 4. The molecule has 17 heavy (non-hydrogen) atoms. The smallest absolute Gasteiger partial charge is 0.326 e. The fraction of sp³-hybridized carbons (Fsp3) is 0.923. The number of nitrogens with zero attached hydrogens (tertiary/aromatic N) is 2. The molecule has 0 aromatic heterocycles. The van der Waals surface area contributed by atoms with Gasteiger partial charge in [0.2, 0.25) is 0 Å². The van der Waals surface area contributed by atoms with Gasteiger partial charge in [0.15, 0.2) is 0 Å². The predicted octanol–water partition coefficient (Wildman–Crippen LogP) is 0.862. The Morgan fingerprint density at radius 1 is 1.24 bits per heavy atom. The summed E-state index contributed by atoms with van der Waals surface area (Å²) in [4.78, 5) is 16.9. The predicted molar refractivity (Wildman–Crippen MR) is 64.8 cm³/mol. The Balaban J connectivity index is 1.56. The molecule has 1 heterocycles. The maximum absolute atomic E-state index is 12.0. The van der Waals surface area contributed by atoms with E-state index in [1.54, 1.807) is 0 Å². The van der Waals surface area contributed by atoms with Crippen LogP contribution in [-0.4, -0.2) is 60.1 Å². The van der Waals surface area contributed by atoms with Crippen molar-refractivity contribution in [1.82, 2.24) is 9.80 Å². The van der Waals surface area contributed by atoms with Gasteiger partial charge in [0.05, 0.1) is 6.61 Å². The van der Waals surface area contributed by atoms with Gasteiger partial charge < -0.3 is 4.74 Å². The van der Waals surface area contributed by atoms with Gasteiger partial charge in [-0.15, -0.1) is 0 Å². The van der Waals surface area contributed by atoms with Crippen LogP contribution in [0, 0.1) is 0 Å². The Morgan fingerprint density at radius 3 is 2.35 bits per heavy atom. The molecule has 0 bridgehead atoms. The van der Waals surface area contributed by atoms with Crippen molar-refractivity contribution in [2.45, 2.75) is 44.2 Å². The largest absolute Gasteiger partial charge is 0.465 e. The molecule has 3 aliphatic rings. The van der Waals surface area contributed by atoms with Crippen LogP contribution in [-0.2, 0) is 9.53 Å². The van der Waals surface area contributed by atoms with Gasteiger partial charge in [-0.3, -0.25) is 14.6 Å². The van der Waals surface area contributed by atoms with Crippen molar-refractivity contribution < 1.29 is 9.53 Å². The number of carbonyl (C=O) groups is 1. The summed E-state index contributed by atoms with van der Waals surface area (Å²) in [5, 5.41) is 0. The molecule has 0 unspecified atom stereocenters. The van der Waals surface area contributed by atoms with Gasteiger partial charge >= 0.3 is 5.97 Å². The molecular weight excluding hydrogens is 216 g/mol. The fourth-order valence-corrected chi connectivity index (χ4v) is 2.99. The van der Waals surface area contributed by atoms with Crippen molar-refractivity contribution in [1.29, 1.82) is 0 Å². The molecule has 0 spiro atoms. The summed E-state index contributed by atoms with van der Waals surface area (Å²) < 4.78 is 5.21. The lowest BCUT2D eigenvalue weighted by molar-refractivity contribution is -0.152. The van der Waals surface area contributed by atoms with E-state index in [9.17, 15) is 4.79 Å². The number of esters is 1. The topological polar surface area (TPSA) is 32.8 Å². The van der Waals surface area contributed by atoms with Crippen molar-refractivity contribution in [3.05, 3.63) is 0 Å². The van der Waals surface area contributed by atoms with Crippen LogP contribution in [0.5, 0.6) is 0 Å². The second-order valence-electron chi connectivity index (χ2n) is 5.51. The van der Waals surface area contributed by atoms with Crippen molar-refractivity contribution in [2.75, 3.05) is 32.8 Å². The number of hydrogen-bond donors (Lipinski definition) is 0. The van der Waals surface area contributed by atoms with Crippen molar-refractivity contribution in [3.63, 3.8) is 0 Å². The van der Waals surface area contributed by atoms with Crippen LogP contribution in [0.1, 0.15) is 32.6 Å². The zero-order chi connectivity index (χ0) is 11.9. The first-order chi connectivity index (χ1) is 8.26. The van der Waals surface area contributed by atoms with Crippen molar-refractivity contribution >= 4 is 5.97 Å². The van der Waals surface area contributed by atoms with Crippen LogP contribution in [0.3, 0.4) is 0 Å². The highest BCUT2D eigenvalue weighted by Gasteiger charge is 2.56. The fourth-order valence-electron chi connectivity index (χ4n) is 2.99. The third-order valence-corrected chi connectivity index (χ3v) is 4.36.